The average Bonchev–Trinajstić information content (AvgIpc) is 2.42. The van der Waals surface area contributed by atoms with Crippen molar-refractivity contribution in [2.75, 3.05) is 6.54 Å². The molecule has 0 saturated carbocycles. The van der Waals surface area contributed by atoms with Crippen LogP contribution in [0.2, 0.25) is 0 Å². The number of carbonyl (C=O) groups is 1. The number of nitrogens with one attached hydrogen (secondary N) is 2. The van der Waals surface area contributed by atoms with Gasteiger partial charge in [-0.25, -0.2) is 9.18 Å². The molecule has 1 aromatic carbocycles. The first-order chi connectivity index (χ1) is 9.99. The molecule has 3 unspecified atom stereocenters. The molecular formula is C16H23FN2O2. The third kappa shape index (κ3) is 3.94. The number of amides is 2. The van der Waals surface area contributed by atoms with Gasteiger partial charge in [0, 0.05) is 6.54 Å². The lowest BCUT2D eigenvalue weighted by atomic mass is 9.80. The number of hydrogen-bond acceptors (Lipinski definition) is 2. The van der Waals surface area contributed by atoms with Crippen molar-refractivity contribution in [3.63, 3.8) is 0 Å². The van der Waals surface area contributed by atoms with Crippen molar-refractivity contribution in [3.05, 3.63) is 35.1 Å². The molecule has 2 amide bonds. The van der Waals surface area contributed by atoms with Crippen LogP contribution in [-0.4, -0.2) is 23.8 Å². The fourth-order valence-electron chi connectivity index (χ4n) is 2.78. The first-order valence-corrected chi connectivity index (χ1v) is 7.48. The van der Waals surface area contributed by atoms with Crippen LogP contribution in [-0.2, 0) is 6.42 Å². The highest BCUT2D eigenvalue weighted by atomic mass is 19.1. The lowest BCUT2D eigenvalue weighted by Gasteiger charge is -2.32. The second-order valence-corrected chi connectivity index (χ2v) is 5.84. The third-order valence-electron chi connectivity index (χ3n) is 4.04. The zero-order valence-electron chi connectivity index (χ0n) is 12.5. The molecule has 0 spiro atoms. The van der Waals surface area contributed by atoms with E-state index in [2.05, 4.69) is 17.6 Å². The summed E-state index contributed by atoms with van der Waals surface area (Å²) >= 11 is 0. The summed E-state index contributed by atoms with van der Waals surface area (Å²) in [5.74, 6) is 0.0718. The number of carbonyl (C=O) groups excluding carboxylic acids is 1. The minimum Gasteiger partial charge on any atom is -0.393 e. The van der Waals surface area contributed by atoms with Gasteiger partial charge in [0.1, 0.15) is 5.82 Å². The highest BCUT2D eigenvalue weighted by Crippen LogP contribution is 2.35. The molecule has 2 rings (SSSR count). The Morgan fingerprint density at radius 3 is 3.00 bits per heavy atom. The number of hydrogen-bond donors (Lipinski definition) is 3. The summed E-state index contributed by atoms with van der Waals surface area (Å²) in [4.78, 5) is 11.9. The standard InChI is InChI=1S/C16H23FN2O2/c1-10-6-7-12-13(4-3-5-14(12)17)15(10)19-16(21)18-9-8-11(2)20/h3-5,10-11,15,20H,6-9H2,1-2H3,(H2,18,19,21). The lowest BCUT2D eigenvalue weighted by molar-refractivity contribution is 0.182. The summed E-state index contributed by atoms with van der Waals surface area (Å²) < 4.78 is 13.8. The predicted molar refractivity (Wildman–Crippen MR) is 79.5 cm³/mol. The van der Waals surface area contributed by atoms with Crippen LogP contribution in [0.3, 0.4) is 0 Å². The molecule has 4 nitrogen and oxygen atoms in total. The molecule has 0 saturated heterocycles. The second-order valence-electron chi connectivity index (χ2n) is 5.84. The lowest BCUT2D eigenvalue weighted by Crippen LogP contribution is -2.42. The maximum Gasteiger partial charge on any atom is 0.315 e. The van der Waals surface area contributed by atoms with Crippen molar-refractivity contribution in [3.8, 4) is 0 Å². The number of rotatable bonds is 4. The summed E-state index contributed by atoms with van der Waals surface area (Å²) in [5.41, 5.74) is 1.59. The van der Waals surface area contributed by atoms with Crippen molar-refractivity contribution in [1.29, 1.82) is 0 Å². The van der Waals surface area contributed by atoms with Crippen LogP contribution in [0.15, 0.2) is 18.2 Å². The Balaban J connectivity index is 2.03. The monoisotopic (exact) mass is 294 g/mol. The summed E-state index contributed by atoms with van der Waals surface area (Å²) in [6.45, 7) is 4.16. The van der Waals surface area contributed by atoms with Gasteiger partial charge >= 0.3 is 6.03 Å². The maximum atomic E-state index is 13.8. The van der Waals surface area contributed by atoms with Gasteiger partial charge in [-0.3, -0.25) is 0 Å². The van der Waals surface area contributed by atoms with Crippen molar-refractivity contribution in [2.24, 2.45) is 5.92 Å². The molecule has 0 fully saturated rings. The van der Waals surface area contributed by atoms with E-state index in [1.54, 1.807) is 13.0 Å². The highest BCUT2D eigenvalue weighted by molar-refractivity contribution is 5.74. The molecular weight excluding hydrogens is 271 g/mol. The van der Waals surface area contributed by atoms with E-state index in [9.17, 15) is 14.3 Å². The van der Waals surface area contributed by atoms with Gasteiger partial charge in [0.05, 0.1) is 12.1 Å². The van der Waals surface area contributed by atoms with E-state index in [4.69, 9.17) is 0 Å². The van der Waals surface area contributed by atoms with Crippen LogP contribution < -0.4 is 10.6 Å². The highest BCUT2D eigenvalue weighted by Gasteiger charge is 2.29. The van der Waals surface area contributed by atoms with Gasteiger partial charge in [0.2, 0.25) is 0 Å². The predicted octanol–water partition coefficient (Wildman–Crippen LogP) is 2.52. The molecule has 0 bridgehead atoms. The molecule has 116 valence electrons. The SMILES string of the molecule is CC(O)CCNC(=O)NC1c2cccc(F)c2CCC1C. The van der Waals surface area contributed by atoms with E-state index in [-0.39, 0.29) is 23.8 Å². The van der Waals surface area contributed by atoms with Gasteiger partial charge in [0.25, 0.3) is 0 Å². The van der Waals surface area contributed by atoms with Crippen LogP contribution in [0.5, 0.6) is 0 Å². The molecule has 3 atom stereocenters. The zero-order valence-corrected chi connectivity index (χ0v) is 12.5. The second kappa shape index (κ2) is 6.89. The Bertz CT molecular complexity index is 505. The first kappa shape index (κ1) is 15.8. The number of urea groups is 1. The van der Waals surface area contributed by atoms with Crippen molar-refractivity contribution in [2.45, 2.75) is 45.3 Å². The maximum absolute atomic E-state index is 13.8. The summed E-state index contributed by atoms with van der Waals surface area (Å²) in [5, 5.41) is 14.8. The van der Waals surface area contributed by atoms with Gasteiger partial charge in [-0.2, -0.15) is 0 Å². The number of aliphatic hydroxyl groups is 1. The molecule has 0 aliphatic heterocycles. The summed E-state index contributed by atoms with van der Waals surface area (Å²) in [6.07, 6.45) is 1.64. The Labute approximate surface area is 124 Å². The van der Waals surface area contributed by atoms with Crippen LogP contribution in [0.4, 0.5) is 9.18 Å². The molecule has 0 aromatic heterocycles. The average molecular weight is 294 g/mol. The summed E-state index contributed by atoms with van der Waals surface area (Å²) in [6, 6.07) is 4.59. The van der Waals surface area contributed by atoms with Gasteiger partial charge in [0.15, 0.2) is 0 Å². The van der Waals surface area contributed by atoms with Crippen LogP contribution in [0, 0.1) is 11.7 Å². The van der Waals surface area contributed by atoms with Crippen LogP contribution in [0.1, 0.15) is 43.9 Å². The quantitative estimate of drug-likeness (QED) is 0.799. The largest absolute Gasteiger partial charge is 0.393 e. The minimum atomic E-state index is -0.436. The number of aliphatic hydroxyl groups excluding tert-OH is 1. The number of fused-ring (bicyclic) bond motifs is 1. The van der Waals surface area contributed by atoms with E-state index in [1.807, 2.05) is 6.07 Å². The molecule has 0 heterocycles. The third-order valence-corrected chi connectivity index (χ3v) is 4.04. The van der Waals surface area contributed by atoms with Gasteiger partial charge in [-0.15, -0.1) is 0 Å². The van der Waals surface area contributed by atoms with Gasteiger partial charge in [-0.05, 0) is 49.3 Å². The first-order valence-electron chi connectivity index (χ1n) is 7.48. The van der Waals surface area contributed by atoms with E-state index in [0.29, 0.717) is 24.9 Å². The Kier molecular flexibility index (Phi) is 5.17. The summed E-state index contributed by atoms with van der Waals surface area (Å²) in [7, 11) is 0. The van der Waals surface area contributed by atoms with E-state index < -0.39 is 6.10 Å². The van der Waals surface area contributed by atoms with Crippen LogP contribution >= 0.6 is 0 Å². The number of halogens is 1. The van der Waals surface area contributed by atoms with Crippen molar-refractivity contribution < 1.29 is 14.3 Å². The molecule has 0 radical (unpaired) electrons. The Morgan fingerprint density at radius 1 is 1.52 bits per heavy atom. The normalized spacial score (nSPS) is 22.3. The van der Waals surface area contributed by atoms with Gasteiger partial charge < -0.3 is 15.7 Å². The van der Waals surface area contributed by atoms with E-state index >= 15 is 0 Å². The van der Waals surface area contributed by atoms with Gasteiger partial charge in [-0.1, -0.05) is 19.1 Å². The molecule has 1 aliphatic carbocycles. The van der Waals surface area contributed by atoms with Crippen LogP contribution in [0.25, 0.3) is 0 Å². The Morgan fingerprint density at radius 2 is 2.29 bits per heavy atom. The molecule has 1 aliphatic rings. The molecule has 5 heteroatoms. The van der Waals surface area contributed by atoms with E-state index in [1.165, 1.54) is 6.07 Å². The Hall–Kier alpha value is -1.62. The van der Waals surface area contributed by atoms with E-state index in [0.717, 1.165) is 12.0 Å². The molecule has 21 heavy (non-hydrogen) atoms. The van der Waals surface area contributed by atoms with Crippen molar-refractivity contribution in [1.82, 2.24) is 10.6 Å². The fraction of sp³-hybridized carbons (Fsp3) is 0.562. The zero-order chi connectivity index (χ0) is 15.4. The molecule has 3 N–H and O–H groups in total. The minimum absolute atomic E-state index is 0.170. The smallest absolute Gasteiger partial charge is 0.315 e. The molecule has 1 aromatic rings. The fourth-order valence-corrected chi connectivity index (χ4v) is 2.78. The van der Waals surface area contributed by atoms with Crippen molar-refractivity contribution >= 4 is 6.03 Å². The topological polar surface area (TPSA) is 61.4 Å². The number of benzene rings is 1.